The van der Waals surface area contributed by atoms with Gasteiger partial charge in [-0.2, -0.15) is 0 Å². The first-order chi connectivity index (χ1) is 10.1. The SMILES string of the molecule is O=C(O)c1ncc(CC(NCc2ccccc2)C(=O)O)[nH]1. The van der Waals surface area contributed by atoms with E-state index in [0.717, 1.165) is 5.56 Å². The quantitative estimate of drug-likeness (QED) is 0.602. The number of aromatic amines is 1. The minimum absolute atomic E-state index is 0.127. The lowest BCUT2D eigenvalue weighted by Gasteiger charge is -2.13. The Kier molecular flexibility index (Phi) is 4.68. The summed E-state index contributed by atoms with van der Waals surface area (Å²) in [6.45, 7) is 0.414. The molecule has 2 aromatic rings. The van der Waals surface area contributed by atoms with Crippen LogP contribution in [0, 0.1) is 0 Å². The van der Waals surface area contributed by atoms with Crippen molar-refractivity contribution in [2.75, 3.05) is 0 Å². The monoisotopic (exact) mass is 289 g/mol. The largest absolute Gasteiger partial charge is 0.480 e. The number of carbonyl (C=O) groups is 2. The predicted octanol–water partition coefficient (Wildman–Crippen LogP) is 0.893. The maximum absolute atomic E-state index is 11.3. The van der Waals surface area contributed by atoms with Gasteiger partial charge in [-0.05, 0) is 5.56 Å². The topological polar surface area (TPSA) is 115 Å². The minimum Gasteiger partial charge on any atom is -0.480 e. The Morgan fingerprint density at radius 3 is 2.52 bits per heavy atom. The number of nitrogens with one attached hydrogen (secondary N) is 2. The number of nitrogens with zero attached hydrogens (tertiary/aromatic N) is 1. The lowest BCUT2D eigenvalue weighted by Crippen LogP contribution is -2.38. The fraction of sp³-hybridized carbons (Fsp3) is 0.214. The highest BCUT2D eigenvalue weighted by atomic mass is 16.4. The van der Waals surface area contributed by atoms with Crippen molar-refractivity contribution >= 4 is 11.9 Å². The second kappa shape index (κ2) is 6.67. The Bertz CT molecular complexity index is 624. The van der Waals surface area contributed by atoms with Gasteiger partial charge >= 0.3 is 11.9 Å². The zero-order valence-corrected chi connectivity index (χ0v) is 11.1. The average Bonchev–Trinajstić information content (AvgIpc) is 2.93. The molecular formula is C14H15N3O4. The van der Waals surface area contributed by atoms with E-state index in [9.17, 15) is 14.7 Å². The van der Waals surface area contributed by atoms with Crippen LogP contribution >= 0.6 is 0 Å². The van der Waals surface area contributed by atoms with Crippen LogP contribution in [0.5, 0.6) is 0 Å². The summed E-state index contributed by atoms with van der Waals surface area (Å²) >= 11 is 0. The van der Waals surface area contributed by atoms with Crippen molar-refractivity contribution in [1.82, 2.24) is 15.3 Å². The minimum atomic E-state index is -1.18. The summed E-state index contributed by atoms with van der Waals surface area (Å²) < 4.78 is 0. The van der Waals surface area contributed by atoms with Crippen molar-refractivity contribution in [3.8, 4) is 0 Å². The predicted molar refractivity (Wildman–Crippen MR) is 74.0 cm³/mol. The van der Waals surface area contributed by atoms with Gasteiger partial charge in [-0.25, -0.2) is 9.78 Å². The molecule has 1 aromatic carbocycles. The molecule has 1 atom stereocenters. The molecule has 0 spiro atoms. The third-order valence-corrected chi connectivity index (χ3v) is 2.95. The van der Waals surface area contributed by atoms with E-state index in [1.807, 2.05) is 30.3 Å². The number of aromatic carboxylic acids is 1. The molecule has 110 valence electrons. The van der Waals surface area contributed by atoms with Gasteiger partial charge in [0.05, 0.1) is 0 Å². The fourth-order valence-corrected chi connectivity index (χ4v) is 1.88. The molecule has 0 saturated heterocycles. The maximum Gasteiger partial charge on any atom is 0.371 e. The average molecular weight is 289 g/mol. The number of hydrogen-bond acceptors (Lipinski definition) is 4. The van der Waals surface area contributed by atoms with Gasteiger partial charge in [-0.15, -0.1) is 0 Å². The molecule has 1 aromatic heterocycles. The lowest BCUT2D eigenvalue weighted by atomic mass is 10.1. The summed E-state index contributed by atoms with van der Waals surface area (Å²) in [5.41, 5.74) is 1.43. The summed E-state index contributed by atoms with van der Waals surface area (Å²) in [4.78, 5) is 28.2. The van der Waals surface area contributed by atoms with Crippen LogP contribution in [0.3, 0.4) is 0 Å². The van der Waals surface area contributed by atoms with Crippen molar-refractivity contribution in [3.05, 3.63) is 53.6 Å². The molecule has 0 aliphatic carbocycles. The molecule has 7 heteroatoms. The maximum atomic E-state index is 11.3. The molecule has 4 N–H and O–H groups in total. The Balaban J connectivity index is 1.98. The van der Waals surface area contributed by atoms with Crippen molar-refractivity contribution < 1.29 is 19.8 Å². The zero-order valence-electron chi connectivity index (χ0n) is 11.1. The van der Waals surface area contributed by atoms with Gasteiger partial charge < -0.3 is 15.2 Å². The van der Waals surface area contributed by atoms with Gasteiger partial charge in [-0.1, -0.05) is 30.3 Å². The van der Waals surface area contributed by atoms with Crippen molar-refractivity contribution in [3.63, 3.8) is 0 Å². The molecule has 1 unspecified atom stereocenters. The normalized spacial score (nSPS) is 12.0. The number of imidazole rings is 1. The molecule has 0 fully saturated rings. The summed E-state index contributed by atoms with van der Waals surface area (Å²) in [5, 5.41) is 20.9. The highest BCUT2D eigenvalue weighted by Gasteiger charge is 2.19. The second-order valence-electron chi connectivity index (χ2n) is 4.52. The molecule has 0 aliphatic rings. The molecule has 2 rings (SSSR count). The van der Waals surface area contributed by atoms with Crippen LogP contribution in [-0.2, 0) is 17.8 Å². The van der Waals surface area contributed by atoms with E-state index in [1.165, 1.54) is 6.20 Å². The summed E-state index contributed by atoms with van der Waals surface area (Å²) in [5.74, 6) is -2.38. The molecule has 21 heavy (non-hydrogen) atoms. The third kappa shape index (κ3) is 4.15. The number of hydrogen-bond donors (Lipinski definition) is 4. The molecule has 1 heterocycles. The summed E-state index contributed by atoms with van der Waals surface area (Å²) in [7, 11) is 0. The molecule has 0 bridgehead atoms. The number of rotatable bonds is 7. The van der Waals surface area contributed by atoms with Crippen LogP contribution in [-0.4, -0.2) is 38.2 Å². The van der Waals surface area contributed by atoms with Crippen LogP contribution < -0.4 is 5.32 Å². The number of aliphatic carboxylic acids is 1. The van der Waals surface area contributed by atoms with E-state index in [4.69, 9.17) is 5.11 Å². The van der Waals surface area contributed by atoms with E-state index in [0.29, 0.717) is 12.2 Å². The Hall–Kier alpha value is -2.67. The van der Waals surface area contributed by atoms with E-state index in [2.05, 4.69) is 15.3 Å². The van der Waals surface area contributed by atoms with Crippen molar-refractivity contribution in [1.29, 1.82) is 0 Å². The van der Waals surface area contributed by atoms with E-state index < -0.39 is 18.0 Å². The first-order valence-corrected chi connectivity index (χ1v) is 6.33. The van der Waals surface area contributed by atoms with Crippen LogP contribution in [0.15, 0.2) is 36.5 Å². The third-order valence-electron chi connectivity index (χ3n) is 2.95. The Morgan fingerprint density at radius 2 is 1.95 bits per heavy atom. The summed E-state index contributed by atoms with van der Waals surface area (Å²) in [6, 6.07) is 8.60. The standard InChI is InChI=1S/C14H15N3O4/c18-13(19)11(15-7-9-4-2-1-3-5-9)6-10-8-16-12(17-10)14(20)21/h1-5,8,11,15H,6-7H2,(H,16,17)(H,18,19)(H,20,21). The van der Waals surface area contributed by atoms with Crippen LogP contribution in [0.4, 0.5) is 0 Å². The molecule has 0 aliphatic heterocycles. The zero-order chi connectivity index (χ0) is 15.2. The van der Waals surface area contributed by atoms with Crippen molar-refractivity contribution in [2.24, 2.45) is 0 Å². The molecular weight excluding hydrogens is 274 g/mol. The number of benzene rings is 1. The van der Waals surface area contributed by atoms with E-state index in [-0.39, 0.29) is 12.2 Å². The number of H-pyrrole nitrogens is 1. The second-order valence-corrected chi connectivity index (χ2v) is 4.52. The Morgan fingerprint density at radius 1 is 1.24 bits per heavy atom. The number of aromatic nitrogens is 2. The first-order valence-electron chi connectivity index (χ1n) is 6.33. The Labute approximate surface area is 120 Å². The van der Waals surface area contributed by atoms with Gasteiger partial charge in [0.2, 0.25) is 5.82 Å². The van der Waals surface area contributed by atoms with Gasteiger partial charge in [0.1, 0.15) is 6.04 Å². The van der Waals surface area contributed by atoms with Gasteiger partial charge in [0.25, 0.3) is 0 Å². The summed E-state index contributed by atoms with van der Waals surface area (Å²) in [6.07, 6.45) is 1.46. The molecule has 0 radical (unpaired) electrons. The van der Waals surface area contributed by atoms with Gasteiger partial charge in [0.15, 0.2) is 0 Å². The fourth-order valence-electron chi connectivity index (χ4n) is 1.88. The van der Waals surface area contributed by atoms with E-state index in [1.54, 1.807) is 0 Å². The van der Waals surface area contributed by atoms with Crippen LogP contribution in [0.1, 0.15) is 21.9 Å². The lowest BCUT2D eigenvalue weighted by molar-refractivity contribution is -0.139. The van der Waals surface area contributed by atoms with E-state index >= 15 is 0 Å². The van der Waals surface area contributed by atoms with Crippen LogP contribution in [0.25, 0.3) is 0 Å². The first kappa shape index (κ1) is 14.7. The van der Waals surface area contributed by atoms with Crippen LogP contribution in [0.2, 0.25) is 0 Å². The molecule has 0 saturated carbocycles. The van der Waals surface area contributed by atoms with Gasteiger partial charge in [-0.3, -0.25) is 10.1 Å². The number of carboxylic acids is 2. The number of carboxylic acid groups (broad SMARTS) is 2. The smallest absolute Gasteiger partial charge is 0.371 e. The molecule has 7 nitrogen and oxygen atoms in total. The highest BCUT2D eigenvalue weighted by Crippen LogP contribution is 2.04. The van der Waals surface area contributed by atoms with Gasteiger partial charge in [0, 0.05) is 24.9 Å². The van der Waals surface area contributed by atoms with Crippen molar-refractivity contribution in [2.45, 2.75) is 19.0 Å². The molecule has 0 amide bonds. The highest BCUT2D eigenvalue weighted by molar-refractivity contribution is 5.83.